The Balaban J connectivity index is 1.91. The van der Waals surface area contributed by atoms with E-state index >= 15 is 0 Å². The lowest BCUT2D eigenvalue weighted by Gasteiger charge is -2.37. The zero-order chi connectivity index (χ0) is 15.5. The second kappa shape index (κ2) is 6.16. The molecule has 1 aromatic carbocycles. The van der Waals surface area contributed by atoms with Gasteiger partial charge in [0.25, 0.3) is 0 Å². The highest BCUT2D eigenvalue weighted by molar-refractivity contribution is 5.81. The predicted molar refractivity (Wildman–Crippen MR) is 78.4 cm³/mol. The molecule has 0 saturated heterocycles. The van der Waals surface area contributed by atoms with Crippen molar-refractivity contribution in [2.75, 3.05) is 13.7 Å². The van der Waals surface area contributed by atoms with Crippen molar-refractivity contribution in [3.63, 3.8) is 0 Å². The van der Waals surface area contributed by atoms with Crippen LogP contribution in [0.5, 0.6) is 5.75 Å². The second-order valence-corrected chi connectivity index (χ2v) is 5.70. The first-order valence-corrected chi connectivity index (χ1v) is 7.10. The van der Waals surface area contributed by atoms with Gasteiger partial charge in [-0.1, -0.05) is 18.6 Å². The Kier molecular flexibility index (Phi) is 4.50. The van der Waals surface area contributed by atoms with E-state index in [1.165, 1.54) is 0 Å². The molecule has 1 aromatic rings. The minimum atomic E-state index is -0.814. The molecule has 0 spiro atoms. The van der Waals surface area contributed by atoms with Crippen LogP contribution in [0.3, 0.4) is 0 Å². The van der Waals surface area contributed by atoms with Gasteiger partial charge in [0.2, 0.25) is 5.91 Å². The van der Waals surface area contributed by atoms with Crippen LogP contribution in [0.4, 0.5) is 0 Å². The van der Waals surface area contributed by atoms with Gasteiger partial charge in [-0.3, -0.25) is 9.59 Å². The lowest BCUT2D eigenvalue weighted by Crippen LogP contribution is -2.47. The van der Waals surface area contributed by atoms with Crippen molar-refractivity contribution in [2.24, 2.45) is 5.41 Å². The summed E-state index contributed by atoms with van der Waals surface area (Å²) < 4.78 is 5.23. The van der Waals surface area contributed by atoms with Crippen LogP contribution >= 0.6 is 0 Å². The minimum Gasteiger partial charge on any atom is -0.496 e. The number of carboxylic acids is 1. The van der Waals surface area contributed by atoms with E-state index in [1.807, 2.05) is 25.1 Å². The molecule has 1 saturated carbocycles. The van der Waals surface area contributed by atoms with Crippen LogP contribution in [-0.2, 0) is 16.0 Å². The molecular weight excluding hydrogens is 270 g/mol. The molecule has 1 amide bonds. The van der Waals surface area contributed by atoms with Gasteiger partial charge in [-0.15, -0.1) is 0 Å². The molecule has 0 atom stereocenters. The third-order valence-corrected chi connectivity index (χ3v) is 4.23. The number of amides is 1. The molecule has 1 aliphatic rings. The number of hydrogen-bond acceptors (Lipinski definition) is 3. The fourth-order valence-corrected chi connectivity index (χ4v) is 2.56. The highest BCUT2D eigenvalue weighted by Gasteiger charge is 2.44. The maximum absolute atomic E-state index is 12.0. The van der Waals surface area contributed by atoms with Gasteiger partial charge >= 0.3 is 5.97 Å². The summed E-state index contributed by atoms with van der Waals surface area (Å²) in [5.74, 6) is -0.221. The van der Waals surface area contributed by atoms with E-state index < -0.39 is 11.4 Å². The molecule has 21 heavy (non-hydrogen) atoms. The highest BCUT2D eigenvalue weighted by atomic mass is 16.5. The standard InChI is InChI=1S/C16H21NO4/c1-11-4-5-12(8-13(11)21-2)9-14(18)17-10-16(15(19)20)6-3-7-16/h4-5,8H,3,6-7,9-10H2,1-2H3,(H,17,18)(H,19,20). The summed E-state index contributed by atoms with van der Waals surface area (Å²) in [6.45, 7) is 2.15. The number of hydrogen-bond donors (Lipinski definition) is 2. The number of aliphatic carboxylic acids is 1. The van der Waals surface area contributed by atoms with Gasteiger partial charge in [0.05, 0.1) is 18.9 Å². The summed E-state index contributed by atoms with van der Waals surface area (Å²) in [5.41, 5.74) is 1.12. The lowest BCUT2D eigenvalue weighted by atomic mass is 9.69. The van der Waals surface area contributed by atoms with Crippen LogP contribution in [-0.4, -0.2) is 30.6 Å². The van der Waals surface area contributed by atoms with Crippen molar-refractivity contribution in [3.05, 3.63) is 29.3 Å². The van der Waals surface area contributed by atoms with Gasteiger partial charge < -0.3 is 15.2 Å². The van der Waals surface area contributed by atoms with Crippen molar-refractivity contribution in [1.29, 1.82) is 0 Å². The van der Waals surface area contributed by atoms with Crippen molar-refractivity contribution in [2.45, 2.75) is 32.6 Å². The van der Waals surface area contributed by atoms with Gasteiger partial charge in [0.1, 0.15) is 5.75 Å². The maximum atomic E-state index is 12.0. The molecule has 5 heteroatoms. The Bertz CT molecular complexity index is 549. The summed E-state index contributed by atoms with van der Waals surface area (Å²) in [4.78, 5) is 23.2. The zero-order valence-corrected chi connectivity index (χ0v) is 12.4. The minimum absolute atomic E-state index is 0.159. The first-order valence-electron chi connectivity index (χ1n) is 7.10. The molecule has 1 fully saturated rings. The molecule has 0 heterocycles. The third kappa shape index (κ3) is 3.35. The fraction of sp³-hybridized carbons (Fsp3) is 0.500. The van der Waals surface area contributed by atoms with Crippen LogP contribution in [0, 0.1) is 12.3 Å². The lowest BCUT2D eigenvalue weighted by molar-refractivity contribution is -0.154. The van der Waals surface area contributed by atoms with Crippen LogP contribution in [0.15, 0.2) is 18.2 Å². The van der Waals surface area contributed by atoms with E-state index in [0.717, 1.165) is 23.3 Å². The molecule has 0 aromatic heterocycles. The largest absolute Gasteiger partial charge is 0.496 e. The molecule has 5 nitrogen and oxygen atoms in total. The first-order chi connectivity index (χ1) is 9.97. The SMILES string of the molecule is COc1cc(CC(=O)NCC2(C(=O)O)CCC2)ccc1C. The summed E-state index contributed by atoms with van der Waals surface area (Å²) in [6.07, 6.45) is 2.42. The van der Waals surface area contributed by atoms with Gasteiger partial charge in [-0.2, -0.15) is 0 Å². The molecule has 114 valence electrons. The second-order valence-electron chi connectivity index (χ2n) is 5.70. The number of carboxylic acid groups (broad SMARTS) is 1. The van der Waals surface area contributed by atoms with Crippen LogP contribution in [0.1, 0.15) is 30.4 Å². The quantitative estimate of drug-likeness (QED) is 0.839. The molecule has 0 bridgehead atoms. The number of ether oxygens (including phenoxy) is 1. The summed E-state index contributed by atoms with van der Waals surface area (Å²) in [5, 5.41) is 12.0. The Morgan fingerprint density at radius 1 is 1.38 bits per heavy atom. The predicted octanol–water partition coefficient (Wildman–Crippen LogP) is 1.92. The van der Waals surface area contributed by atoms with E-state index in [9.17, 15) is 14.7 Å². The van der Waals surface area contributed by atoms with Crippen molar-refractivity contribution >= 4 is 11.9 Å². The summed E-state index contributed by atoms with van der Waals surface area (Å²) >= 11 is 0. The van der Waals surface area contributed by atoms with Crippen LogP contribution < -0.4 is 10.1 Å². The van der Waals surface area contributed by atoms with Crippen molar-refractivity contribution in [3.8, 4) is 5.75 Å². The monoisotopic (exact) mass is 291 g/mol. The topological polar surface area (TPSA) is 75.6 Å². The Hall–Kier alpha value is -2.04. The number of benzene rings is 1. The maximum Gasteiger partial charge on any atom is 0.311 e. The third-order valence-electron chi connectivity index (χ3n) is 4.23. The normalized spacial score (nSPS) is 15.9. The van der Waals surface area contributed by atoms with E-state index in [4.69, 9.17) is 4.74 Å². The van der Waals surface area contributed by atoms with E-state index in [0.29, 0.717) is 12.8 Å². The molecule has 0 unspecified atom stereocenters. The van der Waals surface area contributed by atoms with E-state index in [1.54, 1.807) is 7.11 Å². The van der Waals surface area contributed by atoms with E-state index in [2.05, 4.69) is 5.32 Å². The van der Waals surface area contributed by atoms with Crippen LogP contribution in [0.25, 0.3) is 0 Å². The Labute approximate surface area is 124 Å². The molecule has 1 aliphatic carbocycles. The van der Waals surface area contributed by atoms with Gasteiger partial charge in [-0.05, 0) is 37.0 Å². The number of rotatable bonds is 6. The van der Waals surface area contributed by atoms with Crippen LogP contribution in [0.2, 0.25) is 0 Å². The number of aryl methyl sites for hydroxylation is 1. The van der Waals surface area contributed by atoms with Gasteiger partial charge in [0, 0.05) is 6.54 Å². The fourth-order valence-electron chi connectivity index (χ4n) is 2.56. The molecule has 0 aliphatic heterocycles. The Morgan fingerprint density at radius 3 is 2.62 bits per heavy atom. The average molecular weight is 291 g/mol. The van der Waals surface area contributed by atoms with Crippen molar-refractivity contribution in [1.82, 2.24) is 5.32 Å². The van der Waals surface area contributed by atoms with Gasteiger partial charge in [-0.25, -0.2) is 0 Å². The Morgan fingerprint density at radius 2 is 2.10 bits per heavy atom. The summed E-state index contributed by atoms with van der Waals surface area (Å²) in [6, 6.07) is 5.63. The van der Waals surface area contributed by atoms with E-state index in [-0.39, 0.29) is 18.9 Å². The average Bonchev–Trinajstić information content (AvgIpc) is 2.39. The van der Waals surface area contributed by atoms with Crippen molar-refractivity contribution < 1.29 is 19.4 Å². The number of carbonyl (C=O) groups excluding carboxylic acids is 1. The van der Waals surface area contributed by atoms with Gasteiger partial charge in [0.15, 0.2) is 0 Å². The smallest absolute Gasteiger partial charge is 0.311 e. The number of nitrogens with one attached hydrogen (secondary N) is 1. The molecule has 2 N–H and O–H groups in total. The molecular formula is C16H21NO4. The zero-order valence-electron chi connectivity index (χ0n) is 12.4. The number of carbonyl (C=O) groups is 2. The molecule has 2 rings (SSSR count). The first kappa shape index (κ1) is 15.4. The highest BCUT2D eigenvalue weighted by Crippen LogP contribution is 2.40. The summed E-state index contributed by atoms with van der Waals surface area (Å²) in [7, 11) is 1.60. The molecule has 0 radical (unpaired) electrons. The number of methoxy groups -OCH3 is 1.